The second kappa shape index (κ2) is 9.50. The highest BCUT2D eigenvalue weighted by molar-refractivity contribution is 5.91. The molecule has 0 aliphatic rings. The molecule has 0 saturated carbocycles. The average molecular weight is 389 g/mol. The number of rotatable bonds is 7. The summed E-state index contributed by atoms with van der Waals surface area (Å²) in [6, 6.07) is 18.4. The molecule has 2 N–H and O–H groups in total. The van der Waals surface area contributed by atoms with Crippen LogP contribution in [0, 0.1) is 6.92 Å². The van der Waals surface area contributed by atoms with Crippen molar-refractivity contribution >= 4 is 29.1 Å². The molecular formula is C23H23N3O3. The molecule has 0 spiro atoms. The number of pyridine rings is 1. The van der Waals surface area contributed by atoms with Crippen LogP contribution in [0.3, 0.4) is 0 Å². The Morgan fingerprint density at radius 3 is 2.41 bits per heavy atom. The van der Waals surface area contributed by atoms with Gasteiger partial charge < -0.3 is 15.4 Å². The molecule has 3 aromatic rings. The minimum atomic E-state index is -0.341. The van der Waals surface area contributed by atoms with Crippen molar-refractivity contribution < 1.29 is 14.3 Å². The lowest BCUT2D eigenvalue weighted by molar-refractivity contribution is -0.115. The molecule has 1 amide bonds. The molecule has 29 heavy (non-hydrogen) atoms. The van der Waals surface area contributed by atoms with Crippen LogP contribution < -0.4 is 10.6 Å². The van der Waals surface area contributed by atoms with Crippen molar-refractivity contribution in [2.75, 3.05) is 17.2 Å². The van der Waals surface area contributed by atoms with Gasteiger partial charge in [0.2, 0.25) is 5.91 Å². The Labute approximate surface area is 169 Å². The Bertz CT molecular complexity index is 983. The molecule has 0 aliphatic carbocycles. The van der Waals surface area contributed by atoms with E-state index in [2.05, 4.69) is 15.6 Å². The van der Waals surface area contributed by atoms with Gasteiger partial charge in [0.25, 0.3) is 0 Å². The van der Waals surface area contributed by atoms with E-state index in [4.69, 9.17) is 4.74 Å². The second-order valence-electron chi connectivity index (χ2n) is 6.57. The topological polar surface area (TPSA) is 80.3 Å². The average Bonchev–Trinajstić information content (AvgIpc) is 2.70. The molecule has 0 fully saturated rings. The number of hydrogen-bond acceptors (Lipinski definition) is 5. The number of hydrogen-bond donors (Lipinski definition) is 2. The fourth-order valence-electron chi connectivity index (χ4n) is 2.81. The van der Waals surface area contributed by atoms with Crippen molar-refractivity contribution in [3.05, 3.63) is 83.6 Å². The molecule has 0 aliphatic heterocycles. The number of aromatic nitrogens is 1. The minimum absolute atomic E-state index is 0.113. The van der Waals surface area contributed by atoms with E-state index in [1.165, 1.54) is 0 Å². The van der Waals surface area contributed by atoms with E-state index in [9.17, 15) is 9.59 Å². The lowest BCUT2D eigenvalue weighted by Gasteiger charge is -2.09. The van der Waals surface area contributed by atoms with Gasteiger partial charge in [0, 0.05) is 5.69 Å². The maximum Gasteiger partial charge on any atom is 0.338 e. The zero-order chi connectivity index (χ0) is 20.6. The summed E-state index contributed by atoms with van der Waals surface area (Å²) in [6.45, 7) is 4.12. The number of esters is 1. The third kappa shape index (κ3) is 5.90. The Hall–Kier alpha value is -3.67. The van der Waals surface area contributed by atoms with Crippen molar-refractivity contribution in [2.45, 2.75) is 20.3 Å². The van der Waals surface area contributed by atoms with Gasteiger partial charge in [-0.1, -0.05) is 29.8 Å². The number of anilines is 3. The Morgan fingerprint density at radius 1 is 1.00 bits per heavy atom. The highest BCUT2D eigenvalue weighted by Gasteiger charge is 2.07. The van der Waals surface area contributed by atoms with Crippen molar-refractivity contribution in [3.8, 4) is 0 Å². The Balaban J connectivity index is 1.56. The molecule has 6 nitrogen and oxygen atoms in total. The van der Waals surface area contributed by atoms with E-state index in [1.54, 1.807) is 43.5 Å². The normalized spacial score (nSPS) is 10.3. The van der Waals surface area contributed by atoms with E-state index >= 15 is 0 Å². The van der Waals surface area contributed by atoms with Gasteiger partial charge in [0.15, 0.2) is 0 Å². The maximum absolute atomic E-state index is 12.2. The fourth-order valence-corrected chi connectivity index (χ4v) is 2.81. The maximum atomic E-state index is 12.2. The Kier molecular flexibility index (Phi) is 6.58. The summed E-state index contributed by atoms with van der Waals surface area (Å²) in [5, 5.41) is 6.00. The predicted octanol–water partition coefficient (Wildman–Crippen LogP) is 4.49. The molecule has 2 aromatic carbocycles. The van der Waals surface area contributed by atoms with E-state index in [1.807, 2.05) is 37.3 Å². The highest BCUT2D eigenvalue weighted by atomic mass is 16.5. The number of amides is 1. The smallest absolute Gasteiger partial charge is 0.338 e. The van der Waals surface area contributed by atoms with Crippen molar-refractivity contribution in [1.29, 1.82) is 0 Å². The molecule has 0 saturated heterocycles. The molecular weight excluding hydrogens is 366 g/mol. The summed E-state index contributed by atoms with van der Waals surface area (Å²) in [5.74, 6) is 0.0377. The monoisotopic (exact) mass is 389 g/mol. The van der Waals surface area contributed by atoms with E-state index < -0.39 is 0 Å². The molecule has 0 unspecified atom stereocenters. The lowest BCUT2D eigenvalue weighted by Crippen LogP contribution is -2.15. The molecule has 0 radical (unpaired) electrons. The van der Waals surface area contributed by atoms with Crippen LogP contribution in [0.15, 0.2) is 66.9 Å². The molecule has 148 valence electrons. The number of carbonyl (C=O) groups is 2. The summed E-state index contributed by atoms with van der Waals surface area (Å²) in [4.78, 5) is 28.2. The first-order chi connectivity index (χ1) is 14.0. The first kappa shape index (κ1) is 20.1. The number of ether oxygens (including phenoxy) is 1. The van der Waals surface area contributed by atoms with Crippen LogP contribution in [0.5, 0.6) is 0 Å². The summed E-state index contributed by atoms with van der Waals surface area (Å²) in [7, 11) is 0. The highest BCUT2D eigenvalue weighted by Crippen LogP contribution is 2.18. The molecule has 1 aromatic heterocycles. The third-order valence-electron chi connectivity index (χ3n) is 4.16. The van der Waals surface area contributed by atoms with Crippen LogP contribution in [-0.4, -0.2) is 23.5 Å². The van der Waals surface area contributed by atoms with Crippen LogP contribution in [0.2, 0.25) is 0 Å². The molecule has 0 atom stereocenters. The molecule has 0 bridgehead atoms. The first-order valence-electron chi connectivity index (χ1n) is 9.39. The number of carbonyl (C=O) groups excluding carboxylic acids is 2. The number of nitrogens with zero attached hydrogens (tertiary/aromatic N) is 1. The number of benzene rings is 2. The summed E-state index contributed by atoms with van der Waals surface area (Å²) in [5.41, 5.74) is 4.18. The fraction of sp³-hybridized carbons (Fsp3) is 0.174. The molecule has 6 heteroatoms. The van der Waals surface area contributed by atoms with Crippen molar-refractivity contribution in [3.63, 3.8) is 0 Å². The SMILES string of the molecule is CCOC(=O)c1ccc(Nc2ccc(NC(=O)Cc3cccc(C)c3)nc2)cc1. The largest absolute Gasteiger partial charge is 0.462 e. The zero-order valence-electron chi connectivity index (χ0n) is 16.4. The van der Waals surface area contributed by atoms with Crippen LogP contribution in [0.25, 0.3) is 0 Å². The van der Waals surface area contributed by atoms with Gasteiger partial charge in [-0.2, -0.15) is 0 Å². The summed E-state index contributed by atoms with van der Waals surface area (Å²) >= 11 is 0. The molecule has 3 rings (SSSR count). The van der Waals surface area contributed by atoms with E-state index in [-0.39, 0.29) is 11.9 Å². The van der Waals surface area contributed by atoms with Crippen LogP contribution in [0.4, 0.5) is 17.2 Å². The van der Waals surface area contributed by atoms with Gasteiger partial charge in [0.05, 0.1) is 30.5 Å². The van der Waals surface area contributed by atoms with Crippen LogP contribution in [0.1, 0.15) is 28.4 Å². The number of nitrogens with one attached hydrogen (secondary N) is 2. The van der Waals surface area contributed by atoms with Gasteiger partial charge in [-0.3, -0.25) is 4.79 Å². The van der Waals surface area contributed by atoms with Gasteiger partial charge in [-0.05, 0) is 55.8 Å². The van der Waals surface area contributed by atoms with Crippen LogP contribution in [-0.2, 0) is 16.0 Å². The van der Waals surface area contributed by atoms with E-state index in [0.717, 1.165) is 22.5 Å². The zero-order valence-corrected chi connectivity index (χ0v) is 16.4. The van der Waals surface area contributed by atoms with Gasteiger partial charge >= 0.3 is 5.97 Å². The third-order valence-corrected chi connectivity index (χ3v) is 4.16. The second-order valence-corrected chi connectivity index (χ2v) is 6.57. The van der Waals surface area contributed by atoms with Crippen molar-refractivity contribution in [2.24, 2.45) is 0 Å². The van der Waals surface area contributed by atoms with Crippen LogP contribution >= 0.6 is 0 Å². The Morgan fingerprint density at radius 2 is 1.76 bits per heavy atom. The summed E-state index contributed by atoms with van der Waals surface area (Å²) in [6.07, 6.45) is 1.94. The minimum Gasteiger partial charge on any atom is -0.462 e. The number of aryl methyl sites for hydroxylation is 1. The summed E-state index contributed by atoms with van der Waals surface area (Å²) < 4.78 is 4.97. The quantitative estimate of drug-likeness (QED) is 0.582. The lowest BCUT2D eigenvalue weighted by atomic mass is 10.1. The first-order valence-corrected chi connectivity index (χ1v) is 9.39. The standard InChI is InChI=1S/C23H23N3O3/c1-3-29-23(28)18-7-9-19(10-8-18)25-20-11-12-21(24-15-20)26-22(27)14-17-6-4-5-16(2)13-17/h4-13,15,25H,3,14H2,1-2H3,(H,24,26,27). The van der Waals surface area contributed by atoms with E-state index in [0.29, 0.717) is 24.4 Å². The molecule has 1 heterocycles. The van der Waals surface area contributed by atoms with Crippen molar-refractivity contribution in [1.82, 2.24) is 4.98 Å². The predicted molar refractivity (Wildman–Crippen MR) is 113 cm³/mol. The van der Waals surface area contributed by atoms with Gasteiger partial charge in [0.1, 0.15) is 5.82 Å². The van der Waals surface area contributed by atoms with Gasteiger partial charge in [-0.25, -0.2) is 9.78 Å². The van der Waals surface area contributed by atoms with Gasteiger partial charge in [-0.15, -0.1) is 0 Å².